The van der Waals surface area contributed by atoms with E-state index < -0.39 is 56.5 Å². The van der Waals surface area contributed by atoms with Gasteiger partial charge in [-0.25, -0.2) is 13.6 Å². The number of nitrogens with one attached hydrogen (secondary N) is 1. The van der Waals surface area contributed by atoms with Crippen LogP contribution in [-0.4, -0.2) is 29.8 Å². The standard InChI is InChI=1S/C18H21F3N2O5/c1-4-6-8-28-18(25)11(9-22-7-5-2)17(24)12-13(19)10(3)14(20)15(21)16(12)23(26)27/h9,22H,4-8H2,1-3H3/b11-9+. The number of nitro groups is 1. The van der Waals surface area contributed by atoms with Crippen LogP contribution in [0.25, 0.3) is 0 Å². The first-order valence-corrected chi connectivity index (χ1v) is 8.65. The van der Waals surface area contributed by atoms with Gasteiger partial charge >= 0.3 is 11.7 Å². The second kappa shape index (κ2) is 10.4. The first kappa shape index (κ1) is 23.1. The predicted molar refractivity (Wildman–Crippen MR) is 94.3 cm³/mol. The van der Waals surface area contributed by atoms with Crippen molar-refractivity contribution in [1.29, 1.82) is 0 Å². The zero-order valence-corrected chi connectivity index (χ0v) is 15.7. The van der Waals surface area contributed by atoms with Crippen molar-refractivity contribution >= 4 is 17.4 Å². The maximum atomic E-state index is 14.5. The second-order valence-electron chi connectivity index (χ2n) is 5.88. The minimum atomic E-state index is -1.98. The van der Waals surface area contributed by atoms with Crippen molar-refractivity contribution in [2.75, 3.05) is 13.2 Å². The van der Waals surface area contributed by atoms with Gasteiger partial charge in [0.25, 0.3) is 0 Å². The van der Waals surface area contributed by atoms with Crippen LogP contribution in [0.5, 0.6) is 0 Å². The van der Waals surface area contributed by atoms with Crippen LogP contribution in [0.15, 0.2) is 11.8 Å². The summed E-state index contributed by atoms with van der Waals surface area (Å²) in [6, 6.07) is 0. The topological polar surface area (TPSA) is 98.5 Å². The number of unbranched alkanes of at least 4 members (excludes halogenated alkanes) is 1. The van der Waals surface area contributed by atoms with E-state index in [0.717, 1.165) is 13.1 Å². The van der Waals surface area contributed by atoms with E-state index in [2.05, 4.69) is 5.32 Å². The Morgan fingerprint density at radius 3 is 2.32 bits per heavy atom. The molecule has 0 aromatic heterocycles. The number of Topliss-reactive ketones (excluding diaryl/α,β-unsaturated/α-hetero) is 1. The Balaban J connectivity index is 3.52. The number of ketones is 1. The Bertz CT molecular complexity index is 809. The molecule has 7 nitrogen and oxygen atoms in total. The molecule has 0 atom stereocenters. The number of nitro benzene ring substituents is 1. The molecule has 10 heteroatoms. The first-order valence-electron chi connectivity index (χ1n) is 8.65. The fourth-order valence-corrected chi connectivity index (χ4v) is 2.20. The van der Waals surface area contributed by atoms with Crippen molar-refractivity contribution in [2.45, 2.75) is 40.0 Å². The Labute approximate surface area is 159 Å². The number of hydrogen-bond donors (Lipinski definition) is 1. The van der Waals surface area contributed by atoms with Crippen molar-refractivity contribution < 1.29 is 32.4 Å². The summed E-state index contributed by atoms with van der Waals surface area (Å²) < 4.78 is 47.2. The summed E-state index contributed by atoms with van der Waals surface area (Å²) in [5.74, 6) is -8.00. The van der Waals surface area contributed by atoms with E-state index in [1.807, 2.05) is 6.92 Å². The van der Waals surface area contributed by atoms with E-state index in [-0.39, 0.29) is 6.61 Å². The predicted octanol–water partition coefficient (Wildman–Crippen LogP) is 3.73. The molecule has 0 bridgehead atoms. The summed E-state index contributed by atoms with van der Waals surface area (Å²) in [4.78, 5) is 34.7. The number of ether oxygens (including phenoxy) is 1. The molecule has 0 aliphatic rings. The lowest BCUT2D eigenvalue weighted by molar-refractivity contribution is -0.388. The van der Waals surface area contributed by atoms with Gasteiger partial charge < -0.3 is 10.1 Å². The summed E-state index contributed by atoms with van der Waals surface area (Å²) in [6.45, 7) is 4.76. The third-order valence-corrected chi connectivity index (χ3v) is 3.76. The monoisotopic (exact) mass is 402 g/mol. The average molecular weight is 402 g/mol. The number of esters is 1. The van der Waals surface area contributed by atoms with Gasteiger partial charge in [-0.05, 0) is 19.8 Å². The van der Waals surface area contributed by atoms with Crippen LogP contribution in [0.2, 0.25) is 0 Å². The number of carbonyl (C=O) groups is 2. The zero-order chi connectivity index (χ0) is 21.4. The summed E-state index contributed by atoms with van der Waals surface area (Å²) in [6.07, 6.45) is 2.73. The molecule has 0 saturated carbocycles. The van der Waals surface area contributed by atoms with Gasteiger partial charge in [0.05, 0.1) is 11.5 Å². The zero-order valence-electron chi connectivity index (χ0n) is 15.7. The molecule has 0 amide bonds. The van der Waals surface area contributed by atoms with E-state index >= 15 is 0 Å². The van der Waals surface area contributed by atoms with E-state index in [1.165, 1.54) is 0 Å². The van der Waals surface area contributed by atoms with Crippen molar-refractivity contribution in [1.82, 2.24) is 5.32 Å². The highest BCUT2D eigenvalue weighted by Gasteiger charge is 2.37. The summed E-state index contributed by atoms with van der Waals surface area (Å²) in [5, 5.41) is 13.8. The number of rotatable bonds is 10. The molecule has 0 aliphatic carbocycles. The van der Waals surface area contributed by atoms with Gasteiger partial charge in [-0.15, -0.1) is 0 Å². The van der Waals surface area contributed by atoms with Crippen LogP contribution in [0, 0.1) is 34.5 Å². The number of halogens is 3. The lowest BCUT2D eigenvalue weighted by atomic mass is 9.98. The van der Waals surface area contributed by atoms with E-state index in [4.69, 9.17) is 4.74 Å². The molecule has 0 saturated heterocycles. The fraction of sp³-hybridized carbons (Fsp3) is 0.444. The molecular formula is C18H21F3N2O5. The SMILES string of the molecule is CCCCOC(=O)/C(=C/NCCC)C(=O)c1c(F)c(C)c(F)c(F)c1[N+](=O)[O-]. The Morgan fingerprint density at radius 1 is 1.14 bits per heavy atom. The minimum Gasteiger partial charge on any atom is -0.462 e. The second-order valence-corrected chi connectivity index (χ2v) is 5.88. The Kier molecular flexibility index (Phi) is 8.62. The summed E-state index contributed by atoms with van der Waals surface area (Å²) >= 11 is 0. The molecule has 28 heavy (non-hydrogen) atoms. The van der Waals surface area contributed by atoms with Crippen LogP contribution in [-0.2, 0) is 9.53 Å². The highest BCUT2D eigenvalue weighted by atomic mass is 19.2. The van der Waals surface area contributed by atoms with Crippen molar-refractivity contribution in [3.8, 4) is 0 Å². The average Bonchev–Trinajstić information content (AvgIpc) is 2.65. The normalized spacial score (nSPS) is 11.3. The van der Waals surface area contributed by atoms with Gasteiger partial charge in [0.1, 0.15) is 17.0 Å². The van der Waals surface area contributed by atoms with Crippen molar-refractivity contribution in [2.24, 2.45) is 0 Å². The van der Waals surface area contributed by atoms with Crippen LogP contribution >= 0.6 is 0 Å². The third-order valence-electron chi connectivity index (χ3n) is 3.76. The smallest absolute Gasteiger partial charge is 0.343 e. The summed E-state index contributed by atoms with van der Waals surface area (Å²) in [5.41, 5.74) is -4.67. The van der Waals surface area contributed by atoms with Gasteiger partial charge in [0.2, 0.25) is 11.6 Å². The van der Waals surface area contributed by atoms with Gasteiger partial charge in [0.15, 0.2) is 5.82 Å². The molecule has 0 unspecified atom stereocenters. The van der Waals surface area contributed by atoms with E-state index in [9.17, 15) is 32.9 Å². The molecule has 0 radical (unpaired) electrons. The highest BCUT2D eigenvalue weighted by molar-refractivity contribution is 6.25. The number of benzene rings is 1. The van der Waals surface area contributed by atoms with Crippen LogP contribution in [0.1, 0.15) is 49.0 Å². The number of nitrogens with zero attached hydrogens (tertiary/aromatic N) is 1. The summed E-state index contributed by atoms with van der Waals surface area (Å²) in [7, 11) is 0. The Hall–Kier alpha value is -2.91. The molecule has 0 heterocycles. The van der Waals surface area contributed by atoms with Gasteiger partial charge in [0, 0.05) is 18.3 Å². The molecule has 1 rings (SSSR count). The van der Waals surface area contributed by atoms with E-state index in [0.29, 0.717) is 25.8 Å². The lowest BCUT2D eigenvalue weighted by Crippen LogP contribution is -2.23. The molecule has 1 aromatic rings. The van der Waals surface area contributed by atoms with Crippen LogP contribution in [0.4, 0.5) is 18.9 Å². The quantitative estimate of drug-likeness (QED) is 0.0737. The largest absolute Gasteiger partial charge is 0.462 e. The van der Waals surface area contributed by atoms with Crippen LogP contribution in [0.3, 0.4) is 0 Å². The molecule has 0 spiro atoms. The highest BCUT2D eigenvalue weighted by Crippen LogP contribution is 2.32. The fourth-order valence-electron chi connectivity index (χ4n) is 2.20. The Morgan fingerprint density at radius 2 is 1.79 bits per heavy atom. The number of hydrogen-bond acceptors (Lipinski definition) is 6. The van der Waals surface area contributed by atoms with Gasteiger partial charge in [-0.2, -0.15) is 4.39 Å². The molecule has 0 fully saturated rings. The first-order chi connectivity index (χ1) is 13.2. The van der Waals surface area contributed by atoms with Gasteiger partial charge in [-0.3, -0.25) is 14.9 Å². The van der Waals surface area contributed by atoms with E-state index in [1.54, 1.807) is 6.92 Å². The lowest BCUT2D eigenvalue weighted by Gasteiger charge is -2.11. The molecule has 1 N–H and O–H groups in total. The maximum absolute atomic E-state index is 14.5. The maximum Gasteiger partial charge on any atom is 0.343 e. The minimum absolute atomic E-state index is 0.0326. The number of carbonyl (C=O) groups excluding carboxylic acids is 2. The van der Waals surface area contributed by atoms with Crippen LogP contribution < -0.4 is 5.32 Å². The molecule has 154 valence electrons. The van der Waals surface area contributed by atoms with Crippen molar-refractivity contribution in [3.05, 3.63) is 50.5 Å². The molecule has 1 aromatic carbocycles. The molecule has 0 aliphatic heterocycles. The van der Waals surface area contributed by atoms with Gasteiger partial charge in [-0.1, -0.05) is 20.3 Å². The third kappa shape index (κ3) is 5.08. The van der Waals surface area contributed by atoms with Crippen molar-refractivity contribution in [3.63, 3.8) is 0 Å². The molecular weight excluding hydrogens is 381 g/mol.